The molecule has 0 bridgehead atoms. The summed E-state index contributed by atoms with van der Waals surface area (Å²) < 4.78 is 15.8. The van der Waals surface area contributed by atoms with Crippen molar-refractivity contribution in [1.29, 1.82) is 0 Å². The highest BCUT2D eigenvalue weighted by atomic mass is 16.5. The van der Waals surface area contributed by atoms with E-state index in [1.165, 1.54) is 6.08 Å². The molecule has 3 rings (SSSR count). The van der Waals surface area contributed by atoms with E-state index in [2.05, 4.69) is 4.98 Å². The molecule has 5 nitrogen and oxygen atoms in total. The van der Waals surface area contributed by atoms with Gasteiger partial charge in [-0.2, -0.15) is 0 Å². The third-order valence-corrected chi connectivity index (χ3v) is 4.05. The zero-order valence-corrected chi connectivity index (χ0v) is 16.2. The molecule has 0 atom stereocenters. The van der Waals surface area contributed by atoms with Crippen molar-refractivity contribution < 1.29 is 19.0 Å². The number of benzene rings is 2. The highest BCUT2D eigenvalue weighted by Crippen LogP contribution is 2.28. The summed E-state index contributed by atoms with van der Waals surface area (Å²) >= 11 is 0. The first-order valence-electron chi connectivity index (χ1n) is 8.99. The van der Waals surface area contributed by atoms with E-state index in [0.29, 0.717) is 17.2 Å². The Hall–Kier alpha value is -3.86. The SMILES string of the molecule is COc1ccc(/C=C/C(=O)Oc2ccc(/C=C/c3ccccn3)cc2)cc1OC. The van der Waals surface area contributed by atoms with Crippen molar-refractivity contribution in [2.75, 3.05) is 14.2 Å². The fourth-order valence-electron chi connectivity index (χ4n) is 2.57. The van der Waals surface area contributed by atoms with Gasteiger partial charge in [0.1, 0.15) is 5.75 Å². The average Bonchev–Trinajstić information content (AvgIpc) is 2.77. The molecule has 0 fully saturated rings. The van der Waals surface area contributed by atoms with Crippen LogP contribution in [0.25, 0.3) is 18.2 Å². The number of nitrogens with zero attached hydrogens (tertiary/aromatic N) is 1. The third kappa shape index (κ3) is 5.81. The van der Waals surface area contributed by atoms with Gasteiger partial charge in [-0.15, -0.1) is 0 Å². The molecule has 0 saturated carbocycles. The smallest absolute Gasteiger partial charge is 0.336 e. The Morgan fingerprint density at radius 3 is 2.28 bits per heavy atom. The minimum atomic E-state index is -0.462. The fraction of sp³-hybridized carbons (Fsp3) is 0.0833. The minimum Gasteiger partial charge on any atom is -0.493 e. The second kappa shape index (κ2) is 9.90. The molecule has 146 valence electrons. The maximum atomic E-state index is 12.1. The summed E-state index contributed by atoms with van der Waals surface area (Å²) in [5, 5.41) is 0. The van der Waals surface area contributed by atoms with Crippen molar-refractivity contribution in [2.45, 2.75) is 0 Å². The van der Waals surface area contributed by atoms with E-state index in [4.69, 9.17) is 14.2 Å². The monoisotopic (exact) mass is 387 g/mol. The van der Waals surface area contributed by atoms with E-state index in [1.807, 2.05) is 48.6 Å². The molecule has 0 spiro atoms. The van der Waals surface area contributed by atoms with Gasteiger partial charge >= 0.3 is 5.97 Å². The summed E-state index contributed by atoms with van der Waals surface area (Å²) in [6.45, 7) is 0. The largest absolute Gasteiger partial charge is 0.493 e. The quantitative estimate of drug-likeness (QED) is 0.328. The molecule has 0 aliphatic heterocycles. The van der Waals surface area contributed by atoms with Crippen LogP contribution in [0.5, 0.6) is 17.2 Å². The van der Waals surface area contributed by atoms with Gasteiger partial charge in [-0.3, -0.25) is 4.98 Å². The second-order valence-corrected chi connectivity index (χ2v) is 6.03. The number of esters is 1. The van der Waals surface area contributed by atoms with Crippen molar-refractivity contribution in [3.63, 3.8) is 0 Å². The van der Waals surface area contributed by atoms with Crippen LogP contribution < -0.4 is 14.2 Å². The van der Waals surface area contributed by atoms with E-state index >= 15 is 0 Å². The molecule has 3 aromatic rings. The van der Waals surface area contributed by atoms with E-state index in [1.54, 1.807) is 50.8 Å². The number of hydrogen-bond donors (Lipinski definition) is 0. The van der Waals surface area contributed by atoms with Gasteiger partial charge in [0.15, 0.2) is 11.5 Å². The van der Waals surface area contributed by atoms with Gasteiger partial charge in [0.05, 0.1) is 19.9 Å². The first-order chi connectivity index (χ1) is 14.2. The second-order valence-electron chi connectivity index (χ2n) is 6.03. The van der Waals surface area contributed by atoms with Gasteiger partial charge in [-0.25, -0.2) is 4.79 Å². The molecule has 0 N–H and O–H groups in total. The molecule has 5 heteroatoms. The van der Waals surface area contributed by atoms with Gasteiger partial charge in [-0.05, 0) is 59.7 Å². The van der Waals surface area contributed by atoms with Gasteiger partial charge in [0, 0.05) is 12.3 Å². The van der Waals surface area contributed by atoms with Gasteiger partial charge in [-0.1, -0.05) is 30.3 Å². The van der Waals surface area contributed by atoms with E-state index < -0.39 is 5.97 Å². The van der Waals surface area contributed by atoms with Crippen LogP contribution in [0.2, 0.25) is 0 Å². The molecule has 1 aromatic heterocycles. The first-order valence-corrected chi connectivity index (χ1v) is 8.99. The van der Waals surface area contributed by atoms with Crippen molar-refractivity contribution >= 4 is 24.2 Å². The lowest BCUT2D eigenvalue weighted by atomic mass is 10.2. The van der Waals surface area contributed by atoms with Crippen molar-refractivity contribution in [1.82, 2.24) is 4.98 Å². The summed E-state index contributed by atoms with van der Waals surface area (Å²) in [5.41, 5.74) is 2.66. The molecule has 0 aliphatic carbocycles. The van der Waals surface area contributed by atoms with E-state index in [0.717, 1.165) is 16.8 Å². The normalized spacial score (nSPS) is 11.0. The van der Waals surface area contributed by atoms with Gasteiger partial charge < -0.3 is 14.2 Å². The number of rotatable bonds is 7. The van der Waals surface area contributed by atoms with Crippen molar-refractivity contribution in [2.24, 2.45) is 0 Å². The Labute approximate surface area is 169 Å². The lowest BCUT2D eigenvalue weighted by molar-refractivity contribution is -0.128. The Morgan fingerprint density at radius 1 is 0.828 bits per heavy atom. The van der Waals surface area contributed by atoms with Crippen LogP contribution >= 0.6 is 0 Å². The van der Waals surface area contributed by atoms with Crippen LogP contribution in [0.15, 0.2) is 72.9 Å². The lowest BCUT2D eigenvalue weighted by Gasteiger charge is -2.07. The molecule has 0 saturated heterocycles. The van der Waals surface area contributed by atoms with Crippen LogP contribution in [0, 0.1) is 0 Å². The van der Waals surface area contributed by atoms with Crippen molar-refractivity contribution in [3.8, 4) is 17.2 Å². The maximum absolute atomic E-state index is 12.1. The molecule has 2 aromatic carbocycles. The number of methoxy groups -OCH3 is 2. The Balaban J connectivity index is 1.59. The Bertz CT molecular complexity index is 1010. The topological polar surface area (TPSA) is 57.7 Å². The van der Waals surface area contributed by atoms with Crippen LogP contribution in [-0.2, 0) is 4.79 Å². The van der Waals surface area contributed by atoms with E-state index in [9.17, 15) is 4.79 Å². The van der Waals surface area contributed by atoms with Crippen LogP contribution in [-0.4, -0.2) is 25.2 Å². The molecule has 1 heterocycles. The highest BCUT2D eigenvalue weighted by Gasteiger charge is 2.04. The van der Waals surface area contributed by atoms with Gasteiger partial charge in [0.2, 0.25) is 0 Å². The number of ether oxygens (including phenoxy) is 3. The van der Waals surface area contributed by atoms with Gasteiger partial charge in [0.25, 0.3) is 0 Å². The molecule has 0 aliphatic rings. The fourth-order valence-corrected chi connectivity index (χ4v) is 2.57. The number of hydrogen-bond acceptors (Lipinski definition) is 5. The predicted molar refractivity (Wildman–Crippen MR) is 114 cm³/mol. The third-order valence-electron chi connectivity index (χ3n) is 4.05. The lowest BCUT2D eigenvalue weighted by Crippen LogP contribution is -2.03. The summed E-state index contributed by atoms with van der Waals surface area (Å²) in [7, 11) is 3.14. The molecular weight excluding hydrogens is 366 g/mol. The van der Waals surface area contributed by atoms with Crippen molar-refractivity contribution in [3.05, 3.63) is 89.8 Å². The number of aromatic nitrogens is 1. The number of carbonyl (C=O) groups excluding carboxylic acids is 1. The molecule has 0 radical (unpaired) electrons. The molecule has 0 unspecified atom stereocenters. The van der Waals surface area contributed by atoms with Crippen LogP contribution in [0.1, 0.15) is 16.8 Å². The zero-order chi connectivity index (χ0) is 20.5. The first kappa shape index (κ1) is 19.9. The Morgan fingerprint density at radius 2 is 1.59 bits per heavy atom. The number of carbonyl (C=O) groups is 1. The van der Waals surface area contributed by atoms with E-state index in [-0.39, 0.29) is 0 Å². The maximum Gasteiger partial charge on any atom is 0.336 e. The highest BCUT2D eigenvalue weighted by molar-refractivity contribution is 5.88. The standard InChI is InChI=1S/C24H21NO4/c1-27-22-14-9-19(17-23(22)28-2)10-15-24(26)29-21-12-7-18(8-13-21)6-11-20-5-3-4-16-25-20/h3-17H,1-2H3/b11-6+,15-10+. The average molecular weight is 387 g/mol. The summed E-state index contributed by atoms with van der Waals surface area (Å²) in [4.78, 5) is 16.3. The minimum absolute atomic E-state index is 0.462. The summed E-state index contributed by atoms with van der Waals surface area (Å²) in [6.07, 6.45) is 8.65. The Kier molecular flexibility index (Phi) is 6.79. The molecular formula is C24H21NO4. The molecule has 0 amide bonds. The van der Waals surface area contributed by atoms with Crippen LogP contribution in [0.4, 0.5) is 0 Å². The zero-order valence-electron chi connectivity index (χ0n) is 16.2. The molecule has 29 heavy (non-hydrogen) atoms. The summed E-state index contributed by atoms with van der Waals surface area (Å²) in [5.74, 6) is 1.24. The number of pyridine rings is 1. The van der Waals surface area contributed by atoms with Crippen LogP contribution in [0.3, 0.4) is 0 Å². The predicted octanol–water partition coefficient (Wildman–Crippen LogP) is 4.89. The summed E-state index contributed by atoms with van der Waals surface area (Å²) in [6, 6.07) is 18.4.